The molecule has 9 heteroatoms. The summed E-state index contributed by atoms with van der Waals surface area (Å²) in [7, 11) is 0. The summed E-state index contributed by atoms with van der Waals surface area (Å²) < 4.78 is 7.37. The van der Waals surface area contributed by atoms with E-state index in [2.05, 4.69) is 27.3 Å². The van der Waals surface area contributed by atoms with Crippen LogP contribution in [0.3, 0.4) is 0 Å². The molecule has 3 rings (SSSR count). The van der Waals surface area contributed by atoms with Gasteiger partial charge in [-0.1, -0.05) is 13.3 Å². The van der Waals surface area contributed by atoms with Crippen molar-refractivity contribution in [2.75, 3.05) is 25.4 Å². The van der Waals surface area contributed by atoms with Crippen molar-refractivity contribution in [2.24, 2.45) is 5.92 Å². The predicted octanol–water partition coefficient (Wildman–Crippen LogP) is 0.669. The Balaban J connectivity index is 1.88. The number of nitrogens with one attached hydrogen (secondary N) is 1. The number of nitrogens with two attached hydrogens (primary N) is 1. The largest absolute Gasteiger partial charge is 0.459 e. The average molecular weight is 364 g/mol. The summed E-state index contributed by atoms with van der Waals surface area (Å²) >= 11 is 0. The highest BCUT2D eigenvalue weighted by molar-refractivity contribution is 5.59. The highest BCUT2D eigenvalue weighted by Crippen LogP contribution is 2.30. The fraction of sp³-hybridized carbons (Fsp3) is 0.706. The lowest BCUT2D eigenvalue weighted by molar-refractivity contribution is 0.0829. The van der Waals surface area contributed by atoms with Crippen LogP contribution >= 0.6 is 0 Å². The first-order valence-electron chi connectivity index (χ1n) is 9.31. The number of hydrogen-bond donors (Lipinski definition) is 4. The van der Waals surface area contributed by atoms with E-state index in [9.17, 15) is 10.2 Å². The molecule has 0 aromatic carbocycles. The van der Waals surface area contributed by atoms with E-state index in [4.69, 9.17) is 10.5 Å². The third-order valence-corrected chi connectivity index (χ3v) is 4.86. The first kappa shape index (κ1) is 18.8. The van der Waals surface area contributed by atoms with Crippen molar-refractivity contribution < 1.29 is 14.9 Å². The van der Waals surface area contributed by atoms with Crippen molar-refractivity contribution in [1.29, 1.82) is 0 Å². The Bertz CT molecular complexity index is 710. The van der Waals surface area contributed by atoms with Crippen LogP contribution in [0.2, 0.25) is 0 Å². The molecule has 1 aliphatic rings. The van der Waals surface area contributed by atoms with E-state index in [0.717, 1.165) is 38.8 Å². The Labute approximate surface area is 152 Å². The fourth-order valence-corrected chi connectivity index (χ4v) is 3.43. The maximum Gasteiger partial charge on any atom is 0.336 e. The number of aromatic nitrogens is 4. The van der Waals surface area contributed by atoms with Gasteiger partial charge in [0.15, 0.2) is 11.5 Å². The number of aliphatic hydroxyl groups is 2. The lowest BCUT2D eigenvalue weighted by Gasteiger charge is -2.26. The van der Waals surface area contributed by atoms with Crippen molar-refractivity contribution in [1.82, 2.24) is 24.9 Å². The average Bonchev–Trinajstić information content (AvgIpc) is 3.07. The molecule has 2 aromatic rings. The van der Waals surface area contributed by atoms with E-state index >= 15 is 0 Å². The van der Waals surface area contributed by atoms with Crippen molar-refractivity contribution >= 4 is 11.5 Å². The molecule has 5 N–H and O–H groups in total. The Morgan fingerprint density at radius 1 is 1.38 bits per heavy atom. The number of imidazole rings is 1. The molecule has 0 bridgehead atoms. The number of ether oxygens (including phenoxy) is 1. The molecule has 1 fully saturated rings. The van der Waals surface area contributed by atoms with E-state index in [1.165, 1.54) is 4.52 Å². The standard InChI is InChI=1S/C17H28N6O3/c1-2-3-12(6-9-24)26-17-21-15(18)16-20-10-13(23(16)22-17)14(25)11-4-7-19-8-5-11/h10-12,14,19,24-25H,2-9H2,1H3,(H2,18,21,22). The lowest BCUT2D eigenvalue weighted by atomic mass is 9.91. The number of nitrogen functional groups attached to an aromatic ring is 1. The second-order valence-electron chi connectivity index (χ2n) is 6.77. The van der Waals surface area contributed by atoms with Gasteiger partial charge in [-0.15, -0.1) is 5.10 Å². The molecule has 144 valence electrons. The molecule has 2 unspecified atom stereocenters. The minimum absolute atomic E-state index is 0.0349. The van der Waals surface area contributed by atoms with Crippen molar-refractivity contribution in [3.8, 4) is 6.01 Å². The summed E-state index contributed by atoms with van der Waals surface area (Å²) in [6.07, 6.45) is 4.77. The molecule has 2 atom stereocenters. The molecule has 26 heavy (non-hydrogen) atoms. The van der Waals surface area contributed by atoms with Gasteiger partial charge in [0, 0.05) is 13.0 Å². The summed E-state index contributed by atoms with van der Waals surface area (Å²) in [6, 6.07) is 0.138. The number of aliphatic hydroxyl groups excluding tert-OH is 2. The van der Waals surface area contributed by atoms with E-state index in [1.807, 2.05) is 0 Å². The first-order valence-corrected chi connectivity index (χ1v) is 9.31. The smallest absolute Gasteiger partial charge is 0.336 e. The number of rotatable bonds is 8. The molecular formula is C17H28N6O3. The van der Waals surface area contributed by atoms with Crippen LogP contribution in [0.15, 0.2) is 6.20 Å². The van der Waals surface area contributed by atoms with E-state index in [0.29, 0.717) is 17.8 Å². The highest BCUT2D eigenvalue weighted by Gasteiger charge is 2.27. The third-order valence-electron chi connectivity index (χ3n) is 4.86. The van der Waals surface area contributed by atoms with E-state index < -0.39 is 6.10 Å². The van der Waals surface area contributed by atoms with Crippen LogP contribution in [0.5, 0.6) is 6.01 Å². The number of nitrogens with zero attached hydrogens (tertiary/aromatic N) is 4. The molecule has 0 amide bonds. The molecule has 0 saturated carbocycles. The summed E-state index contributed by atoms with van der Waals surface area (Å²) in [5, 5.41) is 27.7. The molecule has 1 aliphatic heterocycles. The zero-order valence-electron chi connectivity index (χ0n) is 15.1. The van der Waals surface area contributed by atoms with Crippen LogP contribution in [-0.2, 0) is 0 Å². The monoisotopic (exact) mass is 364 g/mol. The van der Waals surface area contributed by atoms with Gasteiger partial charge in [-0.05, 0) is 38.3 Å². The maximum absolute atomic E-state index is 10.8. The summed E-state index contributed by atoms with van der Waals surface area (Å²) in [5.74, 6) is 0.358. The molecule has 0 aliphatic carbocycles. The Morgan fingerprint density at radius 2 is 2.15 bits per heavy atom. The van der Waals surface area contributed by atoms with Crippen molar-refractivity contribution in [3.05, 3.63) is 11.9 Å². The van der Waals surface area contributed by atoms with Crippen LogP contribution in [-0.4, -0.2) is 55.6 Å². The fourth-order valence-electron chi connectivity index (χ4n) is 3.43. The maximum atomic E-state index is 10.8. The van der Waals surface area contributed by atoms with Crippen molar-refractivity contribution in [2.45, 2.75) is 51.2 Å². The van der Waals surface area contributed by atoms with Gasteiger partial charge in [0.05, 0.1) is 11.9 Å². The number of piperidine rings is 1. The van der Waals surface area contributed by atoms with Crippen LogP contribution < -0.4 is 15.8 Å². The SMILES string of the molecule is CCCC(CCO)Oc1nc(N)c2ncc(C(O)C3CCNCC3)n2n1. The summed E-state index contributed by atoms with van der Waals surface area (Å²) in [5.41, 5.74) is 7.03. The number of anilines is 1. The van der Waals surface area contributed by atoms with Gasteiger partial charge in [0.1, 0.15) is 12.2 Å². The molecule has 0 radical (unpaired) electrons. The number of hydrogen-bond acceptors (Lipinski definition) is 8. The molecule has 1 saturated heterocycles. The zero-order valence-corrected chi connectivity index (χ0v) is 15.1. The second-order valence-corrected chi connectivity index (χ2v) is 6.77. The van der Waals surface area contributed by atoms with E-state index in [1.54, 1.807) is 6.20 Å². The molecule has 0 spiro atoms. The van der Waals surface area contributed by atoms with Gasteiger partial charge in [0.2, 0.25) is 0 Å². The quantitative estimate of drug-likeness (QED) is 0.537. The normalized spacial score (nSPS) is 18.1. The van der Waals surface area contributed by atoms with Crippen LogP contribution in [0, 0.1) is 5.92 Å². The van der Waals surface area contributed by atoms with E-state index in [-0.39, 0.29) is 30.5 Å². The van der Waals surface area contributed by atoms with Gasteiger partial charge in [0.25, 0.3) is 0 Å². The van der Waals surface area contributed by atoms with Crippen LogP contribution in [0.4, 0.5) is 5.82 Å². The molecule has 2 aromatic heterocycles. The first-order chi connectivity index (χ1) is 12.6. The number of fused-ring (bicyclic) bond motifs is 1. The van der Waals surface area contributed by atoms with Gasteiger partial charge in [-0.2, -0.15) is 4.98 Å². The molecular weight excluding hydrogens is 336 g/mol. The topological polar surface area (TPSA) is 131 Å². The molecule has 3 heterocycles. The van der Waals surface area contributed by atoms with Gasteiger partial charge < -0.3 is 26.0 Å². The third kappa shape index (κ3) is 4.05. The van der Waals surface area contributed by atoms with Crippen molar-refractivity contribution in [3.63, 3.8) is 0 Å². The zero-order chi connectivity index (χ0) is 18.5. The minimum atomic E-state index is -0.668. The molecule has 9 nitrogen and oxygen atoms in total. The minimum Gasteiger partial charge on any atom is -0.459 e. The van der Waals surface area contributed by atoms with Crippen LogP contribution in [0.25, 0.3) is 5.65 Å². The lowest BCUT2D eigenvalue weighted by Crippen LogP contribution is -2.31. The van der Waals surface area contributed by atoms with Gasteiger partial charge in [-0.25, -0.2) is 9.50 Å². The highest BCUT2D eigenvalue weighted by atomic mass is 16.5. The van der Waals surface area contributed by atoms with Crippen LogP contribution in [0.1, 0.15) is 50.8 Å². The van der Waals surface area contributed by atoms with Gasteiger partial charge >= 0.3 is 6.01 Å². The Hall–Kier alpha value is -1.97. The van der Waals surface area contributed by atoms with Gasteiger partial charge in [-0.3, -0.25) is 0 Å². The summed E-state index contributed by atoms with van der Waals surface area (Å²) in [6.45, 7) is 3.87. The summed E-state index contributed by atoms with van der Waals surface area (Å²) in [4.78, 5) is 8.45. The Morgan fingerprint density at radius 3 is 2.85 bits per heavy atom. The Kier molecular flexibility index (Phi) is 6.23. The predicted molar refractivity (Wildman–Crippen MR) is 96.8 cm³/mol. The second kappa shape index (κ2) is 8.61.